The lowest BCUT2D eigenvalue weighted by atomic mass is 9.97. The maximum Gasteiger partial charge on any atom is 0.193 e. The van der Waals surface area contributed by atoms with Gasteiger partial charge in [-0.15, -0.1) is 35.3 Å². The first-order chi connectivity index (χ1) is 11.1. The molecule has 24 heavy (non-hydrogen) atoms. The summed E-state index contributed by atoms with van der Waals surface area (Å²) in [5.74, 6) is 1.40. The van der Waals surface area contributed by atoms with E-state index >= 15 is 0 Å². The van der Waals surface area contributed by atoms with Crippen molar-refractivity contribution < 1.29 is 0 Å². The number of hydrogen-bond donors (Lipinski definition) is 1. The first-order valence-electron chi connectivity index (χ1n) is 8.01. The van der Waals surface area contributed by atoms with Gasteiger partial charge < -0.3 is 10.2 Å². The van der Waals surface area contributed by atoms with Gasteiger partial charge in [0.25, 0.3) is 0 Å². The quantitative estimate of drug-likeness (QED) is 0.399. The van der Waals surface area contributed by atoms with Crippen LogP contribution in [0.5, 0.6) is 0 Å². The molecule has 0 saturated carbocycles. The van der Waals surface area contributed by atoms with Gasteiger partial charge >= 0.3 is 0 Å². The number of hydrogen-bond acceptors (Lipinski definition) is 3. The topological polar surface area (TPSA) is 40.5 Å². The average molecular weight is 458 g/mol. The van der Waals surface area contributed by atoms with Crippen molar-refractivity contribution in [3.63, 3.8) is 0 Å². The fourth-order valence-electron chi connectivity index (χ4n) is 2.62. The maximum absolute atomic E-state index is 4.52. The SMILES string of the molecule is CCC(CNC(=NC)N(C)Cc1csc(C)n1)c1ccccc1.I. The molecular formula is C18H27IN4S. The summed E-state index contributed by atoms with van der Waals surface area (Å²) in [4.78, 5) is 11.0. The van der Waals surface area contributed by atoms with Gasteiger partial charge in [-0.1, -0.05) is 37.3 Å². The van der Waals surface area contributed by atoms with Gasteiger partial charge in [-0.2, -0.15) is 0 Å². The minimum absolute atomic E-state index is 0. The summed E-state index contributed by atoms with van der Waals surface area (Å²) in [5, 5.41) is 6.71. The van der Waals surface area contributed by atoms with E-state index in [4.69, 9.17) is 0 Å². The lowest BCUT2D eigenvalue weighted by Gasteiger charge is -2.24. The summed E-state index contributed by atoms with van der Waals surface area (Å²) in [6.45, 7) is 5.91. The lowest BCUT2D eigenvalue weighted by molar-refractivity contribution is 0.465. The summed E-state index contributed by atoms with van der Waals surface area (Å²) < 4.78 is 0. The number of halogens is 1. The highest BCUT2D eigenvalue weighted by Gasteiger charge is 2.12. The second kappa shape index (κ2) is 10.7. The molecule has 0 aliphatic carbocycles. The Kier molecular flexibility index (Phi) is 9.28. The summed E-state index contributed by atoms with van der Waals surface area (Å²) in [6, 6.07) is 10.7. The van der Waals surface area contributed by atoms with E-state index in [1.54, 1.807) is 11.3 Å². The molecule has 0 aliphatic rings. The maximum atomic E-state index is 4.52. The minimum atomic E-state index is 0. The Hall–Kier alpha value is -1.15. The first-order valence-corrected chi connectivity index (χ1v) is 8.89. The van der Waals surface area contributed by atoms with E-state index in [1.807, 2.05) is 21.0 Å². The molecule has 4 nitrogen and oxygen atoms in total. The number of rotatable bonds is 6. The summed E-state index contributed by atoms with van der Waals surface area (Å²) in [5.41, 5.74) is 2.46. The third-order valence-electron chi connectivity index (χ3n) is 3.91. The average Bonchev–Trinajstić information content (AvgIpc) is 2.97. The van der Waals surface area contributed by atoms with Gasteiger partial charge in [-0.3, -0.25) is 4.99 Å². The highest BCUT2D eigenvalue weighted by atomic mass is 127. The molecule has 0 bridgehead atoms. The van der Waals surface area contributed by atoms with Crippen LogP contribution in [-0.2, 0) is 6.54 Å². The Balaban J connectivity index is 0.00000288. The molecule has 0 fully saturated rings. The number of aliphatic imine (C=N–C) groups is 1. The van der Waals surface area contributed by atoms with Gasteiger partial charge in [0.15, 0.2) is 5.96 Å². The minimum Gasteiger partial charge on any atom is -0.356 e. The molecule has 0 aliphatic heterocycles. The Morgan fingerprint density at radius 1 is 1.33 bits per heavy atom. The summed E-state index contributed by atoms with van der Waals surface area (Å²) in [6.07, 6.45) is 1.10. The molecule has 6 heteroatoms. The molecule has 0 spiro atoms. The highest BCUT2D eigenvalue weighted by molar-refractivity contribution is 14.0. The van der Waals surface area contributed by atoms with E-state index in [2.05, 4.69) is 62.8 Å². The highest BCUT2D eigenvalue weighted by Crippen LogP contribution is 2.18. The molecule has 1 heterocycles. The van der Waals surface area contributed by atoms with E-state index < -0.39 is 0 Å². The smallest absolute Gasteiger partial charge is 0.193 e. The monoisotopic (exact) mass is 458 g/mol. The van der Waals surface area contributed by atoms with Crippen molar-refractivity contribution in [2.24, 2.45) is 4.99 Å². The van der Waals surface area contributed by atoms with E-state index in [0.29, 0.717) is 5.92 Å². The van der Waals surface area contributed by atoms with Crippen molar-refractivity contribution in [2.75, 3.05) is 20.6 Å². The van der Waals surface area contributed by atoms with Crippen LogP contribution in [0.2, 0.25) is 0 Å². The zero-order chi connectivity index (χ0) is 16.7. The zero-order valence-corrected chi connectivity index (χ0v) is 18.0. The molecule has 1 atom stereocenters. The van der Waals surface area contributed by atoms with Crippen LogP contribution in [0.15, 0.2) is 40.7 Å². The van der Waals surface area contributed by atoms with Crippen molar-refractivity contribution in [1.29, 1.82) is 0 Å². The van der Waals surface area contributed by atoms with Gasteiger partial charge in [0.05, 0.1) is 17.2 Å². The van der Waals surface area contributed by atoms with E-state index in [0.717, 1.165) is 36.2 Å². The first kappa shape index (κ1) is 20.9. The van der Waals surface area contributed by atoms with Crippen LogP contribution in [0.1, 0.15) is 35.5 Å². The molecule has 1 unspecified atom stereocenters. The zero-order valence-electron chi connectivity index (χ0n) is 14.8. The fourth-order valence-corrected chi connectivity index (χ4v) is 3.22. The number of aryl methyl sites for hydroxylation is 1. The molecule has 1 N–H and O–H groups in total. The fraction of sp³-hybridized carbons (Fsp3) is 0.444. The van der Waals surface area contributed by atoms with Gasteiger partial charge in [-0.05, 0) is 18.9 Å². The van der Waals surface area contributed by atoms with Crippen LogP contribution in [0.3, 0.4) is 0 Å². The Bertz CT molecular complexity index is 627. The number of thiazole rings is 1. The van der Waals surface area contributed by atoms with Crippen LogP contribution in [0.4, 0.5) is 0 Å². The van der Waals surface area contributed by atoms with Crippen LogP contribution in [-0.4, -0.2) is 36.5 Å². The van der Waals surface area contributed by atoms with E-state index in [1.165, 1.54) is 5.56 Å². The van der Waals surface area contributed by atoms with Gasteiger partial charge in [0, 0.05) is 31.9 Å². The number of nitrogens with one attached hydrogen (secondary N) is 1. The summed E-state index contributed by atoms with van der Waals surface area (Å²) >= 11 is 1.69. The molecule has 132 valence electrons. The van der Waals surface area contributed by atoms with Crippen LogP contribution < -0.4 is 5.32 Å². The third kappa shape index (κ3) is 6.05. The molecule has 0 saturated heterocycles. The molecule has 1 aromatic heterocycles. The molecule has 2 rings (SSSR count). The van der Waals surface area contributed by atoms with Crippen molar-refractivity contribution in [3.8, 4) is 0 Å². The van der Waals surface area contributed by atoms with Crippen LogP contribution in [0, 0.1) is 6.92 Å². The van der Waals surface area contributed by atoms with E-state index in [9.17, 15) is 0 Å². The Labute approximate surface area is 166 Å². The molecule has 1 aromatic carbocycles. The predicted molar refractivity (Wildman–Crippen MR) is 115 cm³/mol. The lowest BCUT2D eigenvalue weighted by Crippen LogP contribution is -2.40. The number of guanidine groups is 1. The van der Waals surface area contributed by atoms with Gasteiger partial charge in [0.2, 0.25) is 0 Å². The van der Waals surface area contributed by atoms with Gasteiger partial charge in [0.1, 0.15) is 0 Å². The van der Waals surface area contributed by atoms with Crippen molar-refractivity contribution in [2.45, 2.75) is 32.7 Å². The third-order valence-corrected chi connectivity index (χ3v) is 4.73. The largest absolute Gasteiger partial charge is 0.356 e. The Morgan fingerprint density at radius 2 is 2.04 bits per heavy atom. The second-order valence-corrected chi connectivity index (χ2v) is 6.72. The van der Waals surface area contributed by atoms with Crippen molar-refractivity contribution in [3.05, 3.63) is 52.0 Å². The number of aromatic nitrogens is 1. The molecular weight excluding hydrogens is 431 g/mol. The Morgan fingerprint density at radius 3 is 2.58 bits per heavy atom. The second-order valence-electron chi connectivity index (χ2n) is 5.66. The standard InChI is InChI=1S/C18H26N4S.HI/c1-5-15(16-9-7-6-8-10-16)11-20-18(19-3)22(4)12-17-13-23-14(2)21-17;/h6-10,13,15H,5,11-12H2,1-4H3,(H,19,20);1H. The normalized spacial score (nSPS) is 12.4. The van der Waals surface area contributed by atoms with Crippen LogP contribution in [0.25, 0.3) is 0 Å². The van der Waals surface area contributed by atoms with Crippen molar-refractivity contribution >= 4 is 41.3 Å². The predicted octanol–water partition coefficient (Wildman–Crippen LogP) is 4.27. The number of benzene rings is 1. The van der Waals surface area contributed by atoms with Crippen LogP contribution >= 0.6 is 35.3 Å². The molecule has 2 aromatic rings. The van der Waals surface area contributed by atoms with Gasteiger partial charge in [-0.25, -0.2) is 4.98 Å². The summed E-state index contributed by atoms with van der Waals surface area (Å²) in [7, 11) is 3.88. The number of nitrogens with zero attached hydrogens (tertiary/aromatic N) is 3. The van der Waals surface area contributed by atoms with E-state index in [-0.39, 0.29) is 24.0 Å². The molecule has 0 radical (unpaired) electrons. The van der Waals surface area contributed by atoms with Crippen molar-refractivity contribution in [1.82, 2.24) is 15.2 Å². The molecule has 0 amide bonds.